The predicted octanol–water partition coefficient (Wildman–Crippen LogP) is 2.81. The van der Waals surface area contributed by atoms with Crippen LogP contribution in [0.4, 0.5) is 4.79 Å². The van der Waals surface area contributed by atoms with Crippen LogP contribution in [0.2, 0.25) is 0 Å². The minimum atomic E-state index is -1.33. The van der Waals surface area contributed by atoms with E-state index in [0.29, 0.717) is 19.1 Å². The molecule has 1 amide bonds. The number of aryl methyl sites for hydroxylation is 1. The molecule has 136 valence electrons. The maximum atomic E-state index is 11.9. The standard InChI is InChI=1S/C20H21NO5/c22-13-17(12-11-15-7-3-1-4-8-15)18(19(23)24)21-20(25)26-14-16-9-5-2-6-10-16/h1-10,13,17-18H,11-12,14H2,(H,21,25)(H,23,24)/t17-,18-/m0/s1. The molecule has 0 aliphatic heterocycles. The zero-order chi connectivity index (χ0) is 18.8. The number of nitrogens with one attached hydrogen (secondary N) is 1. The number of carboxylic acid groups (broad SMARTS) is 1. The van der Waals surface area contributed by atoms with Gasteiger partial charge in [-0.2, -0.15) is 0 Å². The molecule has 0 heterocycles. The Labute approximate surface area is 151 Å². The van der Waals surface area contributed by atoms with Gasteiger partial charge in [0.1, 0.15) is 18.9 Å². The first-order valence-corrected chi connectivity index (χ1v) is 8.29. The third kappa shape index (κ3) is 6.05. The number of carboxylic acids is 1. The number of alkyl carbamates (subject to hydrolysis) is 1. The summed E-state index contributed by atoms with van der Waals surface area (Å²) in [7, 11) is 0. The van der Waals surface area contributed by atoms with Gasteiger partial charge in [0.2, 0.25) is 0 Å². The highest BCUT2D eigenvalue weighted by atomic mass is 16.5. The molecule has 2 N–H and O–H groups in total. The molecule has 26 heavy (non-hydrogen) atoms. The number of aliphatic carboxylic acids is 1. The molecule has 2 aromatic carbocycles. The fourth-order valence-corrected chi connectivity index (χ4v) is 2.53. The molecule has 0 saturated carbocycles. The molecule has 0 saturated heterocycles. The molecule has 0 bridgehead atoms. The molecule has 6 nitrogen and oxygen atoms in total. The second kappa shape index (κ2) is 9.98. The Kier molecular flexibility index (Phi) is 7.36. The van der Waals surface area contributed by atoms with Gasteiger partial charge in [-0.1, -0.05) is 60.7 Å². The summed E-state index contributed by atoms with van der Waals surface area (Å²) in [6.45, 7) is 0.0226. The average molecular weight is 355 g/mol. The minimum absolute atomic E-state index is 0.0226. The second-order valence-electron chi connectivity index (χ2n) is 5.85. The highest BCUT2D eigenvalue weighted by Crippen LogP contribution is 2.13. The van der Waals surface area contributed by atoms with E-state index in [2.05, 4.69) is 5.32 Å². The van der Waals surface area contributed by atoms with Crippen molar-refractivity contribution in [3.8, 4) is 0 Å². The van der Waals surface area contributed by atoms with Crippen molar-refractivity contribution in [1.29, 1.82) is 0 Å². The van der Waals surface area contributed by atoms with E-state index >= 15 is 0 Å². The molecule has 6 heteroatoms. The van der Waals surface area contributed by atoms with Gasteiger partial charge in [0.25, 0.3) is 0 Å². The van der Waals surface area contributed by atoms with Crippen LogP contribution in [0.3, 0.4) is 0 Å². The summed E-state index contributed by atoms with van der Waals surface area (Å²) < 4.78 is 5.04. The lowest BCUT2D eigenvalue weighted by Crippen LogP contribution is -2.46. The highest BCUT2D eigenvalue weighted by Gasteiger charge is 2.29. The smallest absolute Gasteiger partial charge is 0.408 e. The maximum Gasteiger partial charge on any atom is 0.408 e. The Morgan fingerprint density at radius 1 is 1.00 bits per heavy atom. The van der Waals surface area contributed by atoms with E-state index in [0.717, 1.165) is 11.1 Å². The van der Waals surface area contributed by atoms with Crippen LogP contribution < -0.4 is 5.32 Å². The second-order valence-corrected chi connectivity index (χ2v) is 5.85. The molecular weight excluding hydrogens is 334 g/mol. The largest absolute Gasteiger partial charge is 0.480 e. The van der Waals surface area contributed by atoms with Crippen LogP contribution in [-0.2, 0) is 27.4 Å². The number of amides is 1. The van der Waals surface area contributed by atoms with E-state index in [9.17, 15) is 19.5 Å². The van der Waals surface area contributed by atoms with Crippen LogP contribution in [0.25, 0.3) is 0 Å². The first-order valence-electron chi connectivity index (χ1n) is 8.29. The topological polar surface area (TPSA) is 92.7 Å². The predicted molar refractivity (Wildman–Crippen MR) is 95.5 cm³/mol. The molecule has 0 aliphatic carbocycles. The average Bonchev–Trinajstić information content (AvgIpc) is 2.67. The normalized spacial score (nSPS) is 12.6. The Morgan fingerprint density at radius 2 is 1.58 bits per heavy atom. The summed E-state index contributed by atoms with van der Waals surface area (Å²) in [6, 6.07) is 17.1. The lowest BCUT2D eigenvalue weighted by Gasteiger charge is -2.20. The lowest BCUT2D eigenvalue weighted by molar-refractivity contribution is -0.142. The van der Waals surface area contributed by atoms with E-state index in [1.807, 2.05) is 48.5 Å². The van der Waals surface area contributed by atoms with Crippen molar-refractivity contribution >= 4 is 18.3 Å². The van der Waals surface area contributed by atoms with Crippen molar-refractivity contribution in [2.75, 3.05) is 0 Å². The third-order valence-corrected chi connectivity index (χ3v) is 3.96. The van der Waals surface area contributed by atoms with E-state index < -0.39 is 24.0 Å². The van der Waals surface area contributed by atoms with E-state index in [1.165, 1.54) is 0 Å². The molecule has 0 spiro atoms. The Morgan fingerprint density at radius 3 is 2.12 bits per heavy atom. The SMILES string of the molecule is O=C[C@H](CCc1ccccc1)[C@H](NC(=O)OCc1ccccc1)C(=O)O. The van der Waals surface area contributed by atoms with Crippen molar-refractivity contribution in [3.63, 3.8) is 0 Å². The lowest BCUT2D eigenvalue weighted by atomic mass is 9.94. The molecule has 2 rings (SSSR count). The maximum absolute atomic E-state index is 11.9. The number of hydrogen-bond donors (Lipinski definition) is 2. The van der Waals surface area contributed by atoms with E-state index in [1.54, 1.807) is 12.1 Å². The summed E-state index contributed by atoms with van der Waals surface area (Å²) >= 11 is 0. The summed E-state index contributed by atoms with van der Waals surface area (Å²) in [6.07, 6.45) is 0.546. The highest BCUT2D eigenvalue weighted by molar-refractivity contribution is 5.83. The van der Waals surface area contributed by atoms with E-state index in [4.69, 9.17) is 4.74 Å². The number of carbonyl (C=O) groups is 3. The summed E-state index contributed by atoms with van der Waals surface area (Å²) in [5.41, 5.74) is 1.78. The van der Waals surface area contributed by atoms with Gasteiger partial charge >= 0.3 is 12.1 Å². The molecule has 0 aromatic heterocycles. The van der Waals surface area contributed by atoms with Crippen molar-refractivity contribution in [1.82, 2.24) is 5.32 Å². The molecule has 2 aromatic rings. The van der Waals surface area contributed by atoms with Crippen LogP contribution >= 0.6 is 0 Å². The van der Waals surface area contributed by atoms with Crippen LogP contribution in [-0.4, -0.2) is 29.5 Å². The Hall–Kier alpha value is -3.15. The van der Waals surface area contributed by atoms with Gasteiger partial charge in [-0.25, -0.2) is 9.59 Å². The summed E-state index contributed by atoms with van der Waals surface area (Å²) in [5.74, 6) is -2.12. The van der Waals surface area contributed by atoms with Gasteiger partial charge in [0.05, 0.1) is 0 Å². The van der Waals surface area contributed by atoms with Crippen molar-refractivity contribution in [2.45, 2.75) is 25.5 Å². The monoisotopic (exact) mass is 355 g/mol. The fraction of sp³-hybridized carbons (Fsp3) is 0.250. The Balaban J connectivity index is 1.91. The van der Waals surface area contributed by atoms with Crippen LogP contribution in [0.1, 0.15) is 17.5 Å². The van der Waals surface area contributed by atoms with Gasteiger partial charge in [0, 0.05) is 5.92 Å². The fourth-order valence-electron chi connectivity index (χ4n) is 2.53. The Bertz CT molecular complexity index is 717. The van der Waals surface area contributed by atoms with Crippen molar-refractivity contribution in [2.24, 2.45) is 5.92 Å². The van der Waals surface area contributed by atoms with Crippen LogP contribution in [0.15, 0.2) is 60.7 Å². The summed E-state index contributed by atoms with van der Waals surface area (Å²) in [5, 5.41) is 11.7. The van der Waals surface area contributed by atoms with Crippen LogP contribution in [0, 0.1) is 5.92 Å². The first-order chi connectivity index (χ1) is 12.6. The number of aldehydes is 1. The van der Waals surface area contributed by atoms with Gasteiger partial charge in [0.15, 0.2) is 0 Å². The van der Waals surface area contributed by atoms with Gasteiger partial charge in [-0.05, 0) is 24.0 Å². The van der Waals surface area contributed by atoms with Gasteiger partial charge in [-0.15, -0.1) is 0 Å². The minimum Gasteiger partial charge on any atom is -0.480 e. The van der Waals surface area contributed by atoms with Gasteiger partial charge in [-0.3, -0.25) is 0 Å². The zero-order valence-electron chi connectivity index (χ0n) is 14.2. The molecule has 0 radical (unpaired) electrons. The molecule has 0 unspecified atom stereocenters. The number of rotatable bonds is 9. The number of benzene rings is 2. The first kappa shape index (κ1) is 19.2. The molecule has 2 atom stereocenters. The van der Waals surface area contributed by atoms with E-state index in [-0.39, 0.29) is 6.61 Å². The molecule has 0 aliphatic rings. The van der Waals surface area contributed by atoms with Crippen LogP contribution in [0.5, 0.6) is 0 Å². The number of hydrogen-bond acceptors (Lipinski definition) is 4. The van der Waals surface area contributed by atoms with Crippen molar-refractivity contribution < 1.29 is 24.2 Å². The third-order valence-electron chi connectivity index (χ3n) is 3.96. The van der Waals surface area contributed by atoms with Crippen molar-refractivity contribution in [3.05, 3.63) is 71.8 Å². The molecule has 0 fully saturated rings. The number of ether oxygens (including phenoxy) is 1. The van der Waals surface area contributed by atoms with Gasteiger partial charge < -0.3 is 20.0 Å². The summed E-state index contributed by atoms with van der Waals surface area (Å²) in [4.78, 5) is 34.8. The molecular formula is C20H21NO5. The number of carbonyl (C=O) groups excluding carboxylic acids is 2. The zero-order valence-corrected chi connectivity index (χ0v) is 14.2. The quantitative estimate of drug-likeness (QED) is 0.675.